The highest BCUT2D eigenvalue weighted by Crippen LogP contribution is 2.36. The summed E-state index contributed by atoms with van der Waals surface area (Å²) < 4.78 is 5.20. The van der Waals surface area contributed by atoms with Crippen molar-refractivity contribution in [2.45, 2.75) is 25.8 Å². The van der Waals surface area contributed by atoms with Crippen LogP contribution in [0.3, 0.4) is 0 Å². The Labute approximate surface area is 109 Å². The van der Waals surface area contributed by atoms with Gasteiger partial charge in [0.1, 0.15) is 0 Å². The van der Waals surface area contributed by atoms with E-state index in [0.29, 0.717) is 11.6 Å². The van der Waals surface area contributed by atoms with Gasteiger partial charge in [-0.25, -0.2) is 0 Å². The van der Waals surface area contributed by atoms with Gasteiger partial charge in [0.2, 0.25) is 0 Å². The normalized spacial score (nSPS) is 16.1. The fourth-order valence-corrected chi connectivity index (χ4v) is 2.32. The van der Waals surface area contributed by atoms with Crippen LogP contribution < -0.4 is 4.90 Å². The maximum absolute atomic E-state index is 8.83. The molecule has 1 aliphatic carbocycles. The van der Waals surface area contributed by atoms with E-state index in [4.69, 9.17) is 10.00 Å². The van der Waals surface area contributed by atoms with Crippen molar-refractivity contribution in [2.75, 3.05) is 25.2 Å². The second-order valence-corrected chi connectivity index (χ2v) is 4.92. The Morgan fingerprint density at radius 2 is 2.06 bits per heavy atom. The molecule has 0 radical (unpaired) electrons. The molecule has 1 aromatic carbocycles. The number of hydrogen-bond donors (Lipinski definition) is 0. The molecule has 18 heavy (non-hydrogen) atoms. The lowest BCUT2D eigenvalue weighted by atomic mass is 10.1. The molecular formula is C15H20N2O. The molecule has 96 valence electrons. The van der Waals surface area contributed by atoms with Gasteiger partial charge in [-0.2, -0.15) is 5.26 Å². The van der Waals surface area contributed by atoms with Crippen LogP contribution >= 0.6 is 0 Å². The predicted octanol–water partition coefficient (Wildman–Crippen LogP) is 2.81. The van der Waals surface area contributed by atoms with Crippen LogP contribution in [-0.4, -0.2) is 26.3 Å². The van der Waals surface area contributed by atoms with E-state index in [1.54, 1.807) is 7.11 Å². The first kappa shape index (κ1) is 12.9. The summed E-state index contributed by atoms with van der Waals surface area (Å²) in [6.07, 6.45) is 2.67. The van der Waals surface area contributed by atoms with Crippen molar-refractivity contribution in [3.05, 3.63) is 29.8 Å². The van der Waals surface area contributed by atoms with E-state index >= 15 is 0 Å². The summed E-state index contributed by atoms with van der Waals surface area (Å²) in [6.45, 7) is 3.92. The minimum absolute atomic E-state index is 0.549. The Morgan fingerprint density at radius 3 is 2.56 bits per heavy atom. The van der Waals surface area contributed by atoms with E-state index in [9.17, 15) is 0 Å². The molecule has 2 rings (SSSR count). The van der Waals surface area contributed by atoms with Crippen LogP contribution in [0, 0.1) is 17.2 Å². The predicted molar refractivity (Wildman–Crippen MR) is 72.6 cm³/mol. The summed E-state index contributed by atoms with van der Waals surface area (Å²) in [6, 6.07) is 10.5. The molecule has 0 aliphatic heterocycles. The standard InChI is InChI=1S/C15H20N2O/c1-12(14-5-6-14)17(9-10-18-2)15-7-3-13(11-16)4-8-15/h3-4,7-8,12,14H,5-6,9-10H2,1-2H3. The minimum atomic E-state index is 0.549. The third kappa shape index (κ3) is 3.02. The number of ether oxygens (including phenoxy) is 1. The SMILES string of the molecule is COCCN(c1ccc(C#N)cc1)C(C)C1CC1. The van der Waals surface area contributed by atoms with Crippen LogP contribution in [0.5, 0.6) is 0 Å². The highest BCUT2D eigenvalue weighted by molar-refractivity contribution is 5.50. The van der Waals surface area contributed by atoms with Crippen molar-refractivity contribution in [3.63, 3.8) is 0 Å². The molecule has 1 unspecified atom stereocenters. The van der Waals surface area contributed by atoms with Crippen LogP contribution in [0.2, 0.25) is 0 Å². The highest BCUT2D eigenvalue weighted by atomic mass is 16.5. The Balaban J connectivity index is 2.12. The fourth-order valence-electron chi connectivity index (χ4n) is 2.32. The molecule has 0 heterocycles. The number of hydrogen-bond acceptors (Lipinski definition) is 3. The van der Waals surface area contributed by atoms with Gasteiger partial charge in [0.05, 0.1) is 18.2 Å². The molecular weight excluding hydrogens is 224 g/mol. The monoisotopic (exact) mass is 244 g/mol. The van der Waals surface area contributed by atoms with Crippen LogP contribution in [0.15, 0.2) is 24.3 Å². The maximum atomic E-state index is 8.83. The van der Waals surface area contributed by atoms with Crippen molar-refractivity contribution in [1.82, 2.24) is 0 Å². The van der Waals surface area contributed by atoms with E-state index in [-0.39, 0.29) is 0 Å². The zero-order valence-corrected chi connectivity index (χ0v) is 11.1. The van der Waals surface area contributed by atoms with Crippen molar-refractivity contribution in [1.29, 1.82) is 5.26 Å². The summed E-state index contributed by atoms with van der Waals surface area (Å²) >= 11 is 0. The quantitative estimate of drug-likeness (QED) is 0.772. The summed E-state index contributed by atoms with van der Waals surface area (Å²) in [4.78, 5) is 2.39. The van der Waals surface area contributed by atoms with Crippen LogP contribution in [-0.2, 0) is 4.74 Å². The van der Waals surface area contributed by atoms with Gasteiger partial charge in [-0.15, -0.1) is 0 Å². The Bertz CT molecular complexity index is 417. The molecule has 0 bridgehead atoms. The summed E-state index contributed by atoms with van der Waals surface area (Å²) in [7, 11) is 1.73. The topological polar surface area (TPSA) is 36.3 Å². The minimum Gasteiger partial charge on any atom is -0.383 e. The molecule has 1 saturated carbocycles. The molecule has 3 nitrogen and oxygen atoms in total. The van der Waals surface area contributed by atoms with Crippen molar-refractivity contribution >= 4 is 5.69 Å². The van der Waals surface area contributed by atoms with Gasteiger partial charge < -0.3 is 9.64 Å². The van der Waals surface area contributed by atoms with Gasteiger partial charge in [-0.05, 0) is 49.9 Å². The molecule has 0 amide bonds. The Morgan fingerprint density at radius 1 is 1.39 bits per heavy atom. The molecule has 0 aromatic heterocycles. The number of benzene rings is 1. The first-order valence-corrected chi connectivity index (χ1v) is 6.52. The van der Waals surface area contributed by atoms with Gasteiger partial charge in [-0.1, -0.05) is 0 Å². The average Bonchev–Trinajstić information content (AvgIpc) is 3.24. The Kier molecular flexibility index (Phi) is 4.22. The van der Waals surface area contributed by atoms with Gasteiger partial charge in [0.15, 0.2) is 0 Å². The third-order valence-electron chi connectivity index (χ3n) is 3.66. The van der Waals surface area contributed by atoms with Crippen molar-refractivity contribution in [2.24, 2.45) is 5.92 Å². The van der Waals surface area contributed by atoms with Crippen molar-refractivity contribution in [3.8, 4) is 6.07 Å². The zero-order valence-electron chi connectivity index (χ0n) is 11.1. The van der Waals surface area contributed by atoms with E-state index in [0.717, 1.165) is 19.1 Å². The molecule has 1 aromatic rings. The van der Waals surface area contributed by atoms with Crippen molar-refractivity contribution < 1.29 is 4.74 Å². The second-order valence-electron chi connectivity index (χ2n) is 4.92. The largest absolute Gasteiger partial charge is 0.383 e. The number of rotatable bonds is 6. The third-order valence-corrected chi connectivity index (χ3v) is 3.66. The lowest BCUT2D eigenvalue weighted by molar-refractivity contribution is 0.202. The van der Waals surface area contributed by atoms with E-state index < -0.39 is 0 Å². The first-order valence-electron chi connectivity index (χ1n) is 6.52. The molecule has 0 spiro atoms. The summed E-state index contributed by atoms with van der Waals surface area (Å²) in [5, 5.41) is 8.83. The first-order chi connectivity index (χ1) is 8.76. The number of anilines is 1. The Hall–Kier alpha value is -1.53. The van der Waals surface area contributed by atoms with E-state index in [1.807, 2.05) is 24.3 Å². The maximum Gasteiger partial charge on any atom is 0.0991 e. The number of nitrogens with zero attached hydrogens (tertiary/aromatic N) is 2. The average molecular weight is 244 g/mol. The van der Waals surface area contributed by atoms with E-state index in [2.05, 4.69) is 17.9 Å². The second kappa shape index (κ2) is 5.88. The summed E-state index contributed by atoms with van der Waals surface area (Å²) in [5.74, 6) is 0.817. The molecule has 1 atom stereocenters. The molecule has 0 saturated heterocycles. The van der Waals surface area contributed by atoms with Gasteiger partial charge in [0.25, 0.3) is 0 Å². The van der Waals surface area contributed by atoms with Crippen LogP contribution in [0.1, 0.15) is 25.3 Å². The highest BCUT2D eigenvalue weighted by Gasteiger charge is 2.31. The van der Waals surface area contributed by atoms with Gasteiger partial charge >= 0.3 is 0 Å². The number of methoxy groups -OCH3 is 1. The van der Waals surface area contributed by atoms with Gasteiger partial charge in [0, 0.05) is 25.4 Å². The summed E-state index contributed by atoms with van der Waals surface area (Å²) in [5.41, 5.74) is 1.90. The van der Waals surface area contributed by atoms with Gasteiger partial charge in [-0.3, -0.25) is 0 Å². The zero-order chi connectivity index (χ0) is 13.0. The fraction of sp³-hybridized carbons (Fsp3) is 0.533. The molecule has 1 fully saturated rings. The lowest BCUT2D eigenvalue weighted by Crippen LogP contribution is -2.37. The molecule has 1 aliphatic rings. The van der Waals surface area contributed by atoms with Crippen LogP contribution in [0.25, 0.3) is 0 Å². The van der Waals surface area contributed by atoms with Crippen LogP contribution in [0.4, 0.5) is 5.69 Å². The molecule has 3 heteroatoms. The molecule has 0 N–H and O–H groups in total. The lowest BCUT2D eigenvalue weighted by Gasteiger charge is -2.31. The van der Waals surface area contributed by atoms with E-state index in [1.165, 1.54) is 18.5 Å². The smallest absolute Gasteiger partial charge is 0.0991 e. The number of nitriles is 1.